The predicted molar refractivity (Wildman–Crippen MR) is 71.2 cm³/mol. The Labute approximate surface area is 106 Å². The minimum Gasteiger partial charge on any atom is -0.389 e. The molecule has 3 nitrogen and oxygen atoms in total. The standard InChI is InChI=1S/C14H28N2O/c1-3-14(2,17)11-16(13-7-8-13)10-12-6-4-5-9-15-12/h12-13,15,17H,3-11H2,1-2H3. The normalized spacial score (nSPS) is 29.3. The van der Waals surface area contributed by atoms with Crippen LogP contribution in [0.5, 0.6) is 0 Å². The molecule has 100 valence electrons. The van der Waals surface area contributed by atoms with Gasteiger partial charge >= 0.3 is 0 Å². The van der Waals surface area contributed by atoms with Crippen molar-refractivity contribution in [1.82, 2.24) is 10.2 Å². The summed E-state index contributed by atoms with van der Waals surface area (Å²) in [5.74, 6) is 0. The topological polar surface area (TPSA) is 35.5 Å². The number of hydrogen-bond donors (Lipinski definition) is 2. The molecular formula is C14H28N2O. The number of aliphatic hydroxyl groups is 1. The second kappa shape index (κ2) is 5.68. The van der Waals surface area contributed by atoms with Gasteiger partial charge in [-0.25, -0.2) is 0 Å². The van der Waals surface area contributed by atoms with Gasteiger partial charge in [0.2, 0.25) is 0 Å². The maximum absolute atomic E-state index is 10.2. The third kappa shape index (κ3) is 4.23. The molecule has 2 atom stereocenters. The first kappa shape index (κ1) is 13.3. The summed E-state index contributed by atoms with van der Waals surface area (Å²) in [4.78, 5) is 2.52. The Hall–Kier alpha value is -0.120. The van der Waals surface area contributed by atoms with Crippen molar-refractivity contribution in [2.45, 2.75) is 70.1 Å². The molecule has 2 fully saturated rings. The fraction of sp³-hybridized carbons (Fsp3) is 1.00. The van der Waals surface area contributed by atoms with E-state index in [9.17, 15) is 5.11 Å². The molecule has 0 amide bonds. The third-order valence-corrected chi connectivity index (χ3v) is 4.24. The first-order valence-electron chi connectivity index (χ1n) is 7.30. The Bertz CT molecular complexity index is 232. The van der Waals surface area contributed by atoms with E-state index in [1.54, 1.807) is 0 Å². The van der Waals surface area contributed by atoms with Gasteiger partial charge in [0, 0.05) is 25.2 Å². The summed E-state index contributed by atoms with van der Waals surface area (Å²) in [5.41, 5.74) is -0.517. The lowest BCUT2D eigenvalue weighted by atomic mass is 10.0. The highest BCUT2D eigenvalue weighted by Crippen LogP contribution is 2.29. The summed E-state index contributed by atoms with van der Waals surface area (Å²) in [6, 6.07) is 1.40. The van der Waals surface area contributed by atoms with Crippen LogP contribution in [0.2, 0.25) is 0 Å². The number of hydrogen-bond acceptors (Lipinski definition) is 3. The van der Waals surface area contributed by atoms with Crippen LogP contribution in [-0.2, 0) is 0 Å². The number of nitrogens with zero attached hydrogens (tertiary/aromatic N) is 1. The van der Waals surface area contributed by atoms with E-state index in [4.69, 9.17) is 0 Å². The van der Waals surface area contributed by atoms with Crippen LogP contribution in [-0.4, -0.2) is 47.3 Å². The van der Waals surface area contributed by atoms with Crippen molar-refractivity contribution in [2.75, 3.05) is 19.6 Å². The summed E-state index contributed by atoms with van der Waals surface area (Å²) in [6.45, 7) is 7.18. The van der Waals surface area contributed by atoms with Crippen molar-refractivity contribution >= 4 is 0 Å². The summed E-state index contributed by atoms with van der Waals surface area (Å²) >= 11 is 0. The maximum Gasteiger partial charge on any atom is 0.0743 e. The summed E-state index contributed by atoms with van der Waals surface area (Å²) in [7, 11) is 0. The molecule has 1 saturated carbocycles. The molecule has 1 aliphatic carbocycles. The van der Waals surface area contributed by atoms with E-state index in [1.165, 1.54) is 38.6 Å². The second-order valence-corrected chi connectivity index (χ2v) is 6.16. The molecular weight excluding hydrogens is 212 g/mol. The highest BCUT2D eigenvalue weighted by atomic mass is 16.3. The smallest absolute Gasteiger partial charge is 0.0743 e. The van der Waals surface area contributed by atoms with Crippen molar-refractivity contribution in [3.8, 4) is 0 Å². The molecule has 1 saturated heterocycles. The summed E-state index contributed by atoms with van der Waals surface area (Å²) < 4.78 is 0. The van der Waals surface area contributed by atoms with E-state index in [0.717, 1.165) is 25.6 Å². The molecule has 0 aromatic carbocycles. The van der Waals surface area contributed by atoms with Gasteiger partial charge in [-0.15, -0.1) is 0 Å². The molecule has 2 N–H and O–H groups in total. The van der Waals surface area contributed by atoms with E-state index in [2.05, 4.69) is 17.1 Å². The zero-order valence-electron chi connectivity index (χ0n) is 11.4. The van der Waals surface area contributed by atoms with Crippen LogP contribution in [0.4, 0.5) is 0 Å². The minimum absolute atomic E-state index is 0.517. The van der Waals surface area contributed by atoms with E-state index in [1.807, 2.05) is 6.92 Å². The average Bonchev–Trinajstić information content (AvgIpc) is 3.13. The number of nitrogens with one attached hydrogen (secondary N) is 1. The lowest BCUT2D eigenvalue weighted by molar-refractivity contribution is 0.0102. The summed E-state index contributed by atoms with van der Waals surface area (Å²) in [6.07, 6.45) is 7.48. The zero-order chi connectivity index (χ0) is 12.3. The highest BCUT2D eigenvalue weighted by Gasteiger charge is 2.34. The van der Waals surface area contributed by atoms with Gasteiger partial charge in [-0.05, 0) is 45.6 Å². The fourth-order valence-electron chi connectivity index (χ4n) is 2.69. The Morgan fingerprint density at radius 3 is 2.59 bits per heavy atom. The highest BCUT2D eigenvalue weighted by molar-refractivity contribution is 4.91. The lowest BCUT2D eigenvalue weighted by Gasteiger charge is -2.35. The Balaban J connectivity index is 1.83. The van der Waals surface area contributed by atoms with Crippen LogP contribution in [0, 0.1) is 0 Å². The lowest BCUT2D eigenvalue weighted by Crippen LogP contribution is -2.49. The van der Waals surface area contributed by atoms with E-state index in [-0.39, 0.29) is 0 Å². The van der Waals surface area contributed by atoms with Crippen LogP contribution in [0.1, 0.15) is 52.4 Å². The second-order valence-electron chi connectivity index (χ2n) is 6.16. The summed E-state index contributed by atoms with van der Waals surface area (Å²) in [5, 5.41) is 13.9. The quantitative estimate of drug-likeness (QED) is 0.742. The van der Waals surface area contributed by atoms with Crippen LogP contribution in [0.25, 0.3) is 0 Å². The van der Waals surface area contributed by atoms with E-state index >= 15 is 0 Å². The van der Waals surface area contributed by atoms with Crippen molar-refractivity contribution in [3.05, 3.63) is 0 Å². The molecule has 2 aliphatic rings. The first-order valence-corrected chi connectivity index (χ1v) is 7.30. The molecule has 17 heavy (non-hydrogen) atoms. The number of piperidine rings is 1. The molecule has 1 aliphatic heterocycles. The molecule has 0 spiro atoms. The van der Waals surface area contributed by atoms with Gasteiger partial charge in [-0.3, -0.25) is 4.90 Å². The first-order chi connectivity index (χ1) is 8.11. The van der Waals surface area contributed by atoms with Crippen molar-refractivity contribution in [2.24, 2.45) is 0 Å². The molecule has 1 heterocycles. The van der Waals surface area contributed by atoms with Crippen molar-refractivity contribution in [1.29, 1.82) is 0 Å². The monoisotopic (exact) mass is 240 g/mol. The van der Waals surface area contributed by atoms with Gasteiger partial charge in [-0.2, -0.15) is 0 Å². The third-order valence-electron chi connectivity index (χ3n) is 4.24. The fourth-order valence-corrected chi connectivity index (χ4v) is 2.69. The van der Waals surface area contributed by atoms with Crippen LogP contribution in [0.3, 0.4) is 0 Å². The molecule has 0 aromatic heterocycles. The zero-order valence-corrected chi connectivity index (χ0v) is 11.4. The average molecular weight is 240 g/mol. The van der Waals surface area contributed by atoms with Crippen LogP contribution in [0.15, 0.2) is 0 Å². The van der Waals surface area contributed by atoms with Crippen molar-refractivity contribution < 1.29 is 5.11 Å². The van der Waals surface area contributed by atoms with E-state index < -0.39 is 5.60 Å². The Kier molecular flexibility index (Phi) is 4.45. The van der Waals surface area contributed by atoms with Crippen molar-refractivity contribution in [3.63, 3.8) is 0 Å². The molecule has 2 rings (SSSR count). The van der Waals surface area contributed by atoms with Gasteiger partial charge in [0.15, 0.2) is 0 Å². The van der Waals surface area contributed by atoms with Gasteiger partial charge in [0.25, 0.3) is 0 Å². The predicted octanol–water partition coefficient (Wildman–Crippen LogP) is 1.75. The maximum atomic E-state index is 10.2. The van der Waals surface area contributed by atoms with Gasteiger partial charge in [0.1, 0.15) is 0 Å². The van der Waals surface area contributed by atoms with Gasteiger partial charge < -0.3 is 10.4 Å². The molecule has 0 bridgehead atoms. The molecule has 2 unspecified atom stereocenters. The molecule has 3 heteroatoms. The Morgan fingerprint density at radius 1 is 1.29 bits per heavy atom. The molecule has 0 radical (unpaired) electrons. The van der Waals surface area contributed by atoms with Crippen LogP contribution < -0.4 is 5.32 Å². The minimum atomic E-state index is -0.517. The van der Waals surface area contributed by atoms with E-state index in [0.29, 0.717) is 6.04 Å². The SMILES string of the molecule is CCC(C)(O)CN(CC1CCCCN1)C1CC1. The van der Waals surface area contributed by atoms with Crippen LogP contribution >= 0.6 is 0 Å². The van der Waals surface area contributed by atoms with Gasteiger partial charge in [-0.1, -0.05) is 13.3 Å². The largest absolute Gasteiger partial charge is 0.389 e. The number of rotatable bonds is 6. The van der Waals surface area contributed by atoms with Gasteiger partial charge in [0.05, 0.1) is 5.60 Å². The Morgan fingerprint density at radius 2 is 2.06 bits per heavy atom. The molecule has 0 aromatic rings.